The van der Waals surface area contributed by atoms with Gasteiger partial charge in [-0.05, 0) is 32.1 Å². The van der Waals surface area contributed by atoms with Gasteiger partial charge in [0, 0.05) is 64.9 Å². The fourth-order valence-corrected chi connectivity index (χ4v) is 4.12. The van der Waals surface area contributed by atoms with Crippen molar-refractivity contribution in [3.63, 3.8) is 0 Å². The van der Waals surface area contributed by atoms with Gasteiger partial charge in [-0.1, -0.05) is 20.3 Å². The highest BCUT2D eigenvalue weighted by atomic mass is 15.3. The summed E-state index contributed by atoms with van der Waals surface area (Å²) in [5.74, 6) is 3.64. The Bertz CT molecular complexity index is 832. The van der Waals surface area contributed by atoms with E-state index < -0.39 is 0 Å². The zero-order valence-electron chi connectivity index (χ0n) is 19.4. The molecular formula is C22H38N8. The third-order valence-electron chi connectivity index (χ3n) is 5.59. The molecule has 30 heavy (non-hydrogen) atoms. The van der Waals surface area contributed by atoms with Crippen molar-refractivity contribution in [3.05, 3.63) is 29.1 Å². The van der Waals surface area contributed by atoms with Gasteiger partial charge in [0.25, 0.3) is 0 Å². The molecule has 0 unspecified atom stereocenters. The second-order valence-corrected chi connectivity index (χ2v) is 8.56. The summed E-state index contributed by atoms with van der Waals surface area (Å²) in [6.07, 6.45) is 8.85. The molecule has 0 radical (unpaired) electrons. The first kappa shape index (κ1) is 22.3. The van der Waals surface area contributed by atoms with Crippen LogP contribution >= 0.6 is 0 Å². The van der Waals surface area contributed by atoms with E-state index in [0.29, 0.717) is 5.92 Å². The maximum absolute atomic E-state index is 4.87. The van der Waals surface area contributed by atoms with E-state index in [4.69, 9.17) is 4.99 Å². The topological polar surface area (TPSA) is 76.2 Å². The Morgan fingerprint density at radius 3 is 2.87 bits per heavy atom. The fourth-order valence-electron chi connectivity index (χ4n) is 4.12. The normalized spacial score (nSPS) is 14.7. The van der Waals surface area contributed by atoms with Crippen LogP contribution in [0.2, 0.25) is 0 Å². The summed E-state index contributed by atoms with van der Waals surface area (Å²) in [4.78, 5) is 7.06. The van der Waals surface area contributed by atoms with E-state index in [1.165, 1.54) is 24.8 Å². The Labute approximate surface area is 180 Å². The number of nitrogens with one attached hydrogen (secondary N) is 1. The van der Waals surface area contributed by atoms with E-state index in [2.05, 4.69) is 64.1 Å². The molecule has 1 aliphatic rings. The summed E-state index contributed by atoms with van der Waals surface area (Å²) in [6, 6.07) is 0. The largest absolute Gasteiger partial charge is 0.357 e. The van der Waals surface area contributed by atoms with Gasteiger partial charge in [0.2, 0.25) is 0 Å². The molecule has 8 nitrogen and oxygen atoms in total. The third-order valence-corrected chi connectivity index (χ3v) is 5.59. The Kier molecular flexibility index (Phi) is 7.87. The first-order valence-electron chi connectivity index (χ1n) is 11.4. The molecule has 0 spiro atoms. The molecule has 0 aliphatic carbocycles. The average molecular weight is 415 g/mol. The zero-order chi connectivity index (χ0) is 21.5. The van der Waals surface area contributed by atoms with Gasteiger partial charge in [0.05, 0.1) is 5.69 Å². The maximum atomic E-state index is 4.87. The number of fused-ring (bicyclic) bond motifs is 1. The lowest BCUT2D eigenvalue weighted by Gasteiger charge is -2.22. The molecule has 0 aromatic carbocycles. The third kappa shape index (κ3) is 5.61. The van der Waals surface area contributed by atoms with Crippen LogP contribution in [-0.2, 0) is 33.0 Å². The van der Waals surface area contributed by atoms with Crippen LogP contribution in [0.4, 0.5) is 0 Å². The number of rotatable bonds is 8. The Hall–Kier alpha value is -2.38. The van der Waals surface area contributed by atoms with Crippen LogP contribution < -0.4 is 5.32 Å². The second-order valence-electron chi connectivity index (χ2n) is 8.56. The maximum Gasteiger partial charge on any atom is 0.193 e. The molecule has 1 aliphatic heterocycles. The lowest BCUT2D eigenvalue weighted by Crippen LogP contribution is -2.38. The van der Waals surface area contributed by atoms with E-state index in [-0.39, 0.29) is 0 Å². The van der Waals surface area contributed by atoms with Crippen LogP contribution in [0.25, 0.3) is 0 Å². The van der Waals surface area contributed by atoms with Gasteiger partial charge in [0.15, 0.2) is 5.96 Å². The summed E-state index contributed by atoms with van der Waals surface area (Å²) >= 11 is 0. The van der Waals surface area contributed by atoms with Gasteiger partial charge in [-0.2, -0.15) is 5.10 Å². The molecule has 3 heterocycles. The monoisotopic (exact) mass is 414 g/mol. The van der Waals surface area contributed by atoms with E-state index in [1.807, 2.05) is 11.7 Å². The minimum Gasteiger partial charge on any atom is -0.357 e. The summed E-state index contributed by atoms with van der Waals surface area (Å²) < 4.78 is 4.24. The number of aliphatic imine (C=N–C) groups is 1. The van der Waals surface area contributed by atoms with Crippen LogP contribution in [0.3, 0.4) is 0 Å². The molecule has 0 amide bonds. The highest BCUT2D eigenvalue weighted by Gasteiger charge is 2.16. The average Bonchev–Trinajstić information content (AvgIpc) is 3.18. The summed E-state index contributed by atoms with van der Waals surface area (Å²) in [7, 11) is 4.08. The van der Waals surface area contributed by atoms with E-state index >= 15 is 0 Å². The molecule has 3 rings (SSSR count). The quantitative estimate of drug-likeness (QED) is 0.408. The predicted octanol–water partition coefficient (Wildman–Crippen LogP) is 2.89. The van der Waals surface area contributed by atoms with E-state index in [9.17, 15) is 0 Å². The summed E-state index contributed by atoms with van der Waals surface area (Å²) in [6.45, 7) is 9.98. The lowest BCUT2D eigenvalue weighted by atomic mass is 10.1. The van der Waals surface area contributed by atoms with Crippen molar-refractivity contribution in [2.24, 2.45) is 12.0 Å². The predicted molar refractivity (Wildman–Crippen MR) is 121 cm³/mol. The molecule has 1 N–H and O–H groups in total. The number of aromatic nitrogens is 5. The van der Waals surface area contributed by atoms with E-state index in [1.54, 1.807) is 0 Å². The molecule has 8 heteroatoms. The highest BCUT2D eigenvalue weighted by Crippen LogP contribution is 2.19. The van der Waals surface area contributed by atoms with Crippen molar-refractivity contribution in [3.8, 4) is 0 Å². The number of guanidine groups is 1. The second kappa shape index (κ2) is 10.6. The first-order valence-corrected chi connectivity index (χ1v) is 11.4. The standard InChI is InChI=1S/C22H38N8/c1-6-23-22(28(4)15-18-16-29(5)27-21(18)17(2)3)24-13-10-12-20-26-25-19-11-8-7-9-14-30(19)20/h16-17H,6-15H2,1-5H3,(H,23,24). The minimum atomic E-state index is 0.410. The van der Waals surface area contributed by atoms with Gasteiger partial charge in [0.1, 0.15) is 11.6 Å². The SMILES string of the molecule is CCNC(=NCCCc1nnc2n1CCCCC2)N(C)Cc1cn(C)nc1C(C)C. The summed E-state index contributed by atoms with van der Waals surface area (Å²) in [5, 5.41) is 16.9. The van der Waals surface area contributed by atoms with Crippen LogP contribution in [0, 0.1) is 0 Å². The fraction of sp³-hybridized carbons (Fsp3) is 0.727. The molecule has 0 fully saturated rings. The van der Waals surface area contributed by atoms with Crippen LogP contribution in [-0.4, -0.2) is 55.5 Å². The first-order chi connectivity index (χ1) is 14.5. The summed E-state index contributed by atoms with van der Waals surface area (Å²) in [5.41, 5.74) is 2.42. The molecule has 0 saturated carbocycles. The molecule has 0 saturated heterocycles. The molecule has 0 bridgehead atoms. The van der Waals surface area contributed by atoms with Crippen LogP contribution in [0.15, 0.2) is 11.2 Å². The smallest absolute Gasteiger partial charge is 0.193 e. The van der Waals surface area contributed by atoms with Gasteiger partial charge in [-0.25, -0.2) is 0 Å². The van der Waals surface area contributed by atoms with Gasteiger partial charge >= 0.3 is 0 Å². The van der Waals surface area contributed by atoms with Crippen LogP contribution in [0.1, 0.15) is 75.3 Å². The Morgan fingerprint density at radius 2 is 2.10 bits per heavy atom. The number of aryl methyl sites for hydroxylation is 3. The number of nitrogens with zero attached hydrogens (tertiary/aromatic N) is 7. The van der Waals surface area contributed by atoms with Gasteiger partial charge in [-0.3, -0.25) is 9.67 Å². The van der Waals surface area contributed by atoms with Crippen molar-refractivity contribution in [1.82, 2.24) is 34.8 Å². The van der Waals surface area contributed by atoms with Crippen molar-refractivity contribution in [1.29, 1.82) is 0 Å². The zero-order valence-corrected chi connectivity index (χ0v) is 19.4. The molecule has 166 valence electrons. The minimum absolute atomic E-state index is 0.410. The van der Waals surface area contributed by atoms with Crippen LogP contribution in [0.5, 0.6) is 0 Å². The van der Waals surface area contributed by atoms with Crippen molar-refractivity contribution >= 4 is 5.96 Å². The highest BCUT2D eigenvalue weighted by molar-refractivity contribution is 5.79. The van der Waals surface area contributed by atoms with Gasteiger partial charge < -0.3 is 14.8 Å². The van der Waals surface area contributed by atoms with Crippen molar-refractivity contribution < 1.29 is 0 Å². The molecular weight excluding hydrogens is 376 g/mol. The molecule has 0 atom stereocenters. The van der Waals surface area contributed by atoms with E-state index in [0.717, 1.165) is 68.7 Å². The lowest BCUT2D eigenvalue weighted by molar-refractivity contribution is 0.473. The molecule has 2 aromatic heterocycles. The van der Waals surface area contributed by atoms with Crippen molar-refractivity contribution in [2.45, 2.75) is 78.3 Å². The Morgan fingerprint density at radius 1 is 1.27 bits per heavy atom. The number of hydrogen-bond acceptors (Lipinski definition) is 4. The van der Waals surface area contributed by atoms with Crippen molar-refractivity contribution in [2.75, 3.05) is 20.1 Å². The number of hydrogen-bond donors (Lipinski definition) is 1. The van der Waals surface area contributed by atoms with Gasteiger partial charge in [-0.15, -0.1) is 10.2 Å². The Balaban J connectivity index is 1.59. The molecule has 2 aromatic rings.